The Morgan fingerprint density at radius 1 is 0.909 bits per heavy atom. The molecule has 2 aromatic carbocycles. The van der Waals surface area contributed by atoms with E-state index < -0.39 is 0 Å². The Morgan fingerprint density at radius 3 is 2.05 bits per heavy atom. The van der Waals surface area contributed by atoms with Crippen LogP contribution < -0.4 is 10.6 Å². The second-order valence-corrected chi connectivity index (χ2v) is 6.85. The molecule has 0 radical (unpaired) electrons. The van der Waals surface area contributed by atoms with Crippen LogP contribution in [0.15, 0.2) is 42.5 Å². The number of anilines is 2. The highest BCUT2D eigenvalue weighted by Gasteiger charge is 2.10. The van der Waals surface area contributed by atoms with Crippen LogP contribution in [0.2, 0.25) is 10.0 Å². The molecule has 0 aliphatic rings. The molecular weight excluding hydrogens is 319 g/mol. The lowest BCUT2D eigenvalue weighted by Crippen LogP contribution is -2.25. The lowest BCUT2D eigenvalue weighted by molar-refractivity contribution is 0.102. The monoisotopic (exact) mass is 336 g/mol. The Labute approximate surface area is 140 Å². The van der Waals surface area contributed by atoms with Crippen molar-refractivity contribution in [1.29, 1.82) is 0 Å². The van der Waals surface area contributed by atoms with Crippen LogP contribution in [0.5, 0.6) is 0 Å². The van der Waals surface area contributed by atoms with E-state index >= 15 is 0 Å². The number of halogens is 2. The first-order chi connectivity index (χ1) is 10.2. The van der Waals surface area contributed by atoms with Gasteiger partial charge in [0, 0.05) is 22.5 Å². The van der Waals surface area contributed by atoms with Crippen LogP contribution in [0.1, 0.15) is 31.1 Å². The average Bonchev–Trinajstić information content (AvgIpc) is 2.42. The van der Waals surface area contributed by atoms with Crippen LogP contribution >= 0.6 is 23.2 Å². The lowest BCUT2D eigenvalue weighted by atomic mass is 10.1. The first-order valence-corrected chi connectivity index (χ1v) is 7.65. The molecule has 0 bridgehead atoms. The molecule has 3 nitrogen and oxygen atoms in total. The van der Waals surface area contributed by atoms with Crippen molar-refractivity contribution in [1.82, 2.24) is 0 Å². The fraction of sp³-hybridized carbons (Fsp3) is 0.235. The van der Waals surface area contributed by atoms with Gasteiger partial charge < -0.3 is 10.6 Å². The Kier molecular flexibility index (Phi) is 4.99. The van der Waals surface area contributed by atoms with Crippen molar-refractivity contribution in [2.45, 2.75) is 26.3 Å². The van der Waals surface area contributed by atoms with Crippen LogP contribution in [0, 0.1) is 0 Å². The van der Waals surface area contributed by atoms with Gasteiger partial charge in [0.05, 0.1) is 10.0 Å². The van der Waals surface area contributed by atoms with E-state index in [1.165, 1.54) is 0 Å². The third kappa shape index (κ3) is 4.65. The summed E-state index contributed by atoms with van der Waals surface area (Å²) in [5.74, 6) is -0.227. The second-order valence-electron chi connectivity index (χ2n) is 6.04. The van der Waals surface area contributed by atoms with Gasteiger partial charge in [0.2, 0.25) is 0 Å². The zero-order valence-corrected chi connectivity index (χ0v) is 14.2. The van der Waals surface area contributed by atoms with Gasteiger partial charge in [-0.2, -0.15) is 0 Å². The van der Waals surface area contributed by atoms with Crippen molar-refractivity contribution in [2.75, 3.05) is 10.6 Å². The van der Waals surface area contributed by atoms with Crippen molar-refractivity contribution < 1.29 is 4.79 Å². The van der Waals surface area contributed by atoms with Crippen LogP contribution in [-0.4, -0.2) is 11.4 Å². The molecule has 0 saturated heterocycles. The molecule has 0 unspecified atom stereocenters. The maximum absolute atomic E-state index is 12.2. The van der Waals surface area contributed by atoms with Gasteiger partial charge in [0.25, 0.3) is 5.91 Å². The number of amides is 1. The van der Waals surface area contributed by atoms with Crippen molar-refractivity contribution in [3.63, 3.8) is 0 Å². The second kappa shape index (κ2) is 6.59. The zero-order valence-electron chi connectivity index (χ0n) is 12.7. The Morgan fingerprint density at radius 2 is 1.50 bits per heavy atom. The standard InChI is InChI=1S/C17H18Cl2N2O/c1-17(2,3)21-13-7-5-12(6-8-13)20-16(22)11-4-9-14(18)15(19)10-11/h4-10,21H,1-3H3,(H,20,22). The summed E-state index contributed by atoms with van der Waals surface area (Å²) in [7, 11) is 0. The Balaban J connectivity index is 2.07. The van der Waals surface area contributed by atoms with E-state index in [-0.39, 0.29) is 11.4 Å². The highest BCUT2D eigenvalue weighted by molar-refractivity contribution is 6.42. The molecule has 0 atom stereocenters. The minimum absolute atomic E-state index is 0.00911. The molecule has 2 N–H and O–H groups in total. The number of hydrogen-bond donors (Lipinski definition) is 2. The van der Waals surface area contributed by atoms with E-state index in [2.05, 4.69) is 31.4 Å². The predicted octanol–water partition coefficient (Wildman–Crippen LogP) is 5.46. The molecule has 0 aliphatic heterocycles. The van der Waals surface area contributed by atoms with E-state index in [0.717, 1.165) is 11.4 Å². The molecule has 2 rings (SSSR count). The molecule has 2 aromatic rings. The molecule has 0 heterocycles. The fourth-order valence-corrected chi connectivity index (χ4v) is 2.21. The molecular formula is C17H18Cl2N2O. The summed E-state index contributed by atoms with van der Waals surface area (Å²) >= 11 is 11.8. The van der Waals surface area contributed by atoms with Gasteiger partial charge in [-0.3, -0.25) is 4.79 Å². The van der Waals surface area contributed by atoms with Gasteiger partial charge in [-0.05, 0) is 63.2 Å². The lowest BCUT2D eigenvalue weighted by Gasteiger charge is -2.22. The zero-order chi connectivity index (χ0) is 16.3. The minimum atomic E-state index is -0.227. The third-order valence-electron chi connectivity index (χ3n) is 2.84. The van der Waals surface area contributed by atoms with Gasteiger partial charge in [-0.1, -0.05) is 23.2 Å². The van der Waals surface area contributed by atoms with E-state index in [4.69, 9.17) is 23.2 Å². The van der Waals surface area contributed by atoms with Crippen LogP contribution in [0.3, 0.4) is 0 Å². The summed E-state index contributed by atoms with van der Waals surface area (Å²) in [6, 6.07) is 12.3. The number of rotatable bonds is 3. The molecule has 1 amide bonds. The van der Waals surface area contributed by atoms with Crippen molar-refractivity contribution >= 4 is 40.5 Å². The normalized spacial score (nSPS) is 11.1. The number of nitrogens with one attached hydrogen (secondary N) is 2. The van der Waals surface area contributed by atoms with E-state index in [9.17, 15) is 4.79 Å². The summed E-state index contributed by atoms with van der Waals surface area (Å²) < 4.78 is 0. The molecule has 0 aromatic heterocycles. The summed E-state index contributed by atoms with van der Waals surface area (Å²) in [5, 5.41) is 6.98. The summed E-state index contributed by atoms with van der Waals surface area (Å²) in [4.78, 5) is 12.2. The predicted molar refractivity (Wildman–Crippen MR) is 94.2 cm³/mol. The number of carbonyl (C=O) groups is 1. The van der Waals surface area contributed by atoms with Gasteiger partial charge in [0.15, 0.2) is 0 Å². The van der Waals surface area contributed by atoms with E-state index in [1.54, 1.807) is 18.2 Å². The first kappa shape index (κ1) is 16.7. The van der Waals surface area contributed by atoms with Crippen molar-refractivity contribution in [3.8, 4) is 0 Å². The maximum atomic E-state index is 12.2. The molecule has 0 spiro atoms. The molecule has 5 heteroatoms. The number of carbonyl (C=O) groups excluding carboxylic acids is 1. The minimum Gasteiger partial charge on any atom is -0.380 e. The number of hydrogen-bond acceptors (Lipinski definition) is 2. The van der Waals surface area contributed by atoms with E-state index in [1.807, 2.05) is 24.3 Å². The quantitative estimate of drug-likeness (QED) is 0.781. The van der Waals surface area contributed by atoms with Crippen molar-refractivity contribution in [2.24, 2.45) is 0 Å². The maximum Gasteiger partial charge on any atom is 0.255 e. The van der Waals surface area contributed by atoms with Gasteiger partial charge >= 0.3 is 0 Å². The van der Waals surface area contributed by atoms with Crippen LogP contribution in [0.4, 0.5) is 11.4 Å². The summed E-state index contributed by atoms with van der Waals surface area (Å²) in [6.45, 7) is 6.27. The van der Waals surface area contributed by atoms with Crippen molar-refractivity contribution in [3.05, 3.63) is 58.1 Å². The number of benzene rings is 2. The van der Waals surface area contributed by atoms with Crippen LogP contribution in [-0.2, 0) is 0 Å². The highest BCUT2D eigenvalue weighted by Crippen LogP contribution is 2.23. The summed E-state index contributed by atoms with van der Waals surface area (Å²) in [6.07, 6.45) is 0. The van der Waals surface area contributed by atoms with E-state index in [0.29, 0.717) is 15.6 Å². The summed E-state index contributed by atoms with van der Waals surface area (Å²) in [5.41, 5.74) is 2.17. The highest BCUT2D eigenvalue weighted by atomic mass is 35.5. The topological polar surface area (TPSA) is 41.1 Å². The molecule has 0 fully saturated rings. The van der Waals surface area contributed by atoms with Gasteiger partial charge in [-0.15, -0.1) is 0 Å². The van der Waals surface area contributed by atoms with Gasteiger partial charge in [-0.25, -0.2) is 0 Å². The molecule has 0 aliphatic carbocycles. The first-order valence-electron chi connectivity index (χ1n) is 6.89. The van der Waals surface area contributed by atoms with Crippen LogP contribution in [0.25, 0.3) is 0 Å². The molecule has 0 saturated carbocycles. The molecule has 116 valence electrons. The smallest absolute Gasteiger partial charge is 0.255 e. The molecule has 22 heavy (non-hydrogen) atoms. The fourth-order valence-electron chi connectivity index (χ4n) is 1.91. The Bertz CT molecular complexity index is 676. The SMILES string of the molecule is CC(C)(C)Nc1ccc(NC(=O)c2ccc(Cl)c(Cl)c2)cc1. The third-order valence-corrected chi connectivity index (χ3v) is 3.58. The largest absolute Gasteiger partial charge is 0.380 e. The average molecular weight is 337 g/mol. The Hall–Kier alpha value is -1.71. The van der Waals surface area contributed by atoms with Gasteiger partial charge in [0.1, 0.15) is 0 Å².